The first kappa shape index (κ1) is 17.6. The Balaban J connectivity index is 1.64. The van der Waals surface area contributed by atoms with Crippen LogP contribution in [0.5, 0.6) is 0 Å². The summed E-state index contributed by atoms with van der Waals surface area (Å²) in [4.78, 5) is 36.6. The van der Waals surface area contributed by atoms with Gasteiger partial charge in [0.15, 0.2) is 0 Å². The van der Waals surface area contributed by atoms with Crippen LogP contribution in [0.2, 0.25) is 0 Å². The van der Waals surface area contributed by atoms with E-state index in [9.17, 15) is 9.59 Å². The molecule has 0 aromatic carbocycles. The van der Waals surface area contributed by atoms with E-state index >= 15 is 0 Å². The van der Waals surface area contributed by atoms with Crippen molar-refractivity contribution in [1.82, 2.24) is 20.2 Å². The van der Waals surface area contributed by atoms with Crippen LogP contribution in [0.15, 0.2) is 12.4 Å². The number of carbonyl (C=O) groups is 2. The minimum Gasteiger partial charge on any atom is -0.469 e. The molecule has 9 heteroatoms. The molecule has 9 nitrogen and oxygen atoms in total. The fourth-order valence-corrected chi connectivity index (χ4v) is 3.01. The molecule has 2 fully saturated rings. The van der Waals surface area contributed by atoms with Crippen molar-refractivity contribution in [2.45, 2.75) is 19.0 Å². The molecular weight excluding hydrogens is 326 g/mol. The Labute approximate surface area is 146 Å². The van der Waals surface area contributed by atoms with Crippen LogP contribution in [-0.4, -0.2) is 79.3 Å². The molecule has 1 atom stereocenters. The van der Waals surface area contributed by atoms with Crippen molar-refractivity contribution >= 4 is 17.8 Å². The van der Waals surface area contributed by atoms with Crippen molar-refractivity contribution in [3.63, 3.8) is 0 Å². The molecule has 0 bridgehead atoms. The predicted molar refractivity (Wildman–Crippen MR) is 88.9 cm³/mol. The highest BCUT2D eigenvalue weighted by Crippen LogP contribution is 2.15. The molecule has 1 aromatic rings. The number of anilines is 1. The maximum Gasteiger partial charge on any atom is 0.307 e. The first-order valence-electron chi connectivity index (χ1n) is 8.39. The Hall–Kier alpha value is -2.26. The number of piperazine rings is 1. The molecule has 0 spiro atoms. The number of hydrogen-bond donors (Lipinski definition) is 1. The molecular formula is C16H23N5O4. The van der Waals surface area contributed by atoms with Gasteiger partial charge in [-0.05, 0) is 0 Å². The van der Waals surface area contributed by atoms with E-state index in [1.165, 1.54) is 7.11 Å². The maximum atomic E-state index is 12.1. The molecule has 0 radical (unpaired) electrons. The van der Waals surface area contributed by atoms with E-state index in [1.54, 1.807) is 12.4 Å². The van der Waals surface area contributed by atoms with E-state index in [2.05, 4.69) is 20.2 Å². The topological polar surface area (TPSA) is 96.9 Å². The second-order valence-electron chi connectivity index (χ2n) is 6.05. The third-order valence-corrected chi connectivity index (χ3v) is 4.40. The minimum atomic E-state index is -0.528. The standard InChI is InChI=1S/C16H23N5O4/c1-24-14(22)8-13-15(23)17-2-3-21(13)11-12-9-18-16(19-10-12)20-4-6-25-7-5-20/h9-10,13H,2-8,11H2,1H3,(H,17,23). The maximum absolute atomic E-state index is 12.1. The third kappa shape index (κ3) is 4.43. The van der Waals surface area contributed by atoms with Gasteiger partial charge in [0.05, 0.1) is 26.7 Å². The van der Waals surface area contributed by atoms with E-state index in [-0.39, 0.29) is 12.3 Å². The number of nitrogens with one attached hydrogen (secondary N) is 1. The van der Waals surface area contributed by atoms with E-state index in [1.807, 2.05) is 4.90 Å². The molecule has 2 aliphatic heterocycles. The summed E-state index contributed by atoms with van der Waals surface area (Å²) < 4.78 is 10.0. The number of amides is 1. The molecule has 3 heterocycles. The highest BCUT2D eigenvalue weighted by Gasteiger charge is 2.32. The van der Waals surface area contributed by atoms with E-state index in [4.69, 9.17) is 9.47 Å². The summed E-state index contributed by atoms with van der Waals surface area (Å²) in [6.45, 7) is 4.67. The van der Waals surface area contributed by atoms with Gasteiger partial charge >= 0.3 is 5.97 Å². The summed E-state index contributed by atoms with van der Waals surface area (Å²) >= 11 is 0. The summed E-state index contributed by atoms with van der Waals surface area (Å²) in [5.74, 6) is 0.142. The van der Waals surface area contributed by atoms with Gasteiger partial charge in [0.1, 0.15) is 6.04 Å². The van der Waals surface area contributed by atoms with Crippen LogP contribution in [0.4, 0.5) is 5.95 Å². The van der Waals surface area contributed by atoms with Gasteiger partial charge in [0, 0.05) is 50.7 Å². The Kier molecular flexibility index (Phi) is 5.77. The molecule has 1 aromatic heterocycles. The zero-order valence-electron chi connectivity index (χ0n) is 14.3. The smallest absolute Gasteiger partial charge is 0.307 e. The molecule has 1 unspecified atom stereocenters. The minimum absolute atomic E-state index is 0.0368. The molecule has 0 saturated carbocycles. The van der Waals surface area contributed by atoms with Crippen LogP contribution in [0.25, 0.3) is 0 Å². The lowest BCUT2D eigenvalue weighted by Gasteiger charge is -2.34. The average Bonchev–Trinajstić information content (AvgIpc) is 2.65. The summed E-state index contributed by atoms with van der Waals surface area (Å²) in [5.41, 5.74) is 0.904. The fraction of sp³-hybridized carbons (Fsp3) is 0.625. The van der Waals surface area contributed by atoms with Crippen LogP contribution in [-0.2, 0) is 25.6 Å². The van der Waals surface area contributed by atoms with Crippen molar-refractivity contribution in [3.05, 3.63) is 18.0 Å². The van der Waals surface area contributed by atoms with Crippen molar-refractivity contribution in [1.29, 1.82) is 0 Å². The first-order chi connectivity index (χ1) is 12.2. The Bertz CT molecular complexity index is 603. The Morgan fingerprint density at radius 1 is 1.32 bits per heavy atom. The normalized spacial score (nSPS) is 21.7. The second-order valence-corrected chi connectivity index (χ2v) is 6.05. The summed E-state index contributed by atoms with van der Waals surface area (Å²) in [6.07, 6.45) is 3.59. The van der Waals surface area contributed by atoms with Gasteiger partial charge in [-0.1, -0.05) is 0 Å². The molecule has 1 amide bonds. The predicted octanol–water partition coefficient (Wildman–Crippen LogP) is -0.823. The molecule has 25 heavy (non-hydrogen) atoms. The number of ether oxygens (including phenoxy) is 2. The van der Waals surface area contributed by atoms with Crippen molar-refractivity contribution in [2.75, 3.05) is 51.4 Å². The second kappa shape index (κ2) is 8.21. The van der Waals surface area contributed by atoms with Crippen LogP contribution in [0.1, 0.15) is 12.0 Å². The number of methoxy groups -OCH3 is 1. The van der Waals surface area contributed by atoms with Crippen LogP contribution in [0, 0.1) is 0 Å². The summed E-state index contributed by atoms with van der Waals surface area (Å²) in [7, 11) is 1.33. The Morgan fingerprint density at radius 2 is 2.04 bits per heavy atom. The molecule has 3 rings (SSSR count). The summed E-state index contributed by atoms with van der Waals surface area (Å²) in [6, 6.07) is -0.528. The fourth-order valence-electron chi connectivity index (χ4n) is 3.01. The number of nitrogens with zero attached hydrogens (tertiary/aromatic N) is 4. The lowest BCUT2D eigenvalue weighted by atomic mass is 10.1. The lowest BCUT2D eigenvalue weighted by Crippen LogP contribution is -2.55. The van der Waals surface area contributed by atoms with E-state index in [0.29, 0.717) is 38.8 Å². The number of esters is 1. The SMILES string of the molecule is COC(=O)CC1C(=O)NCCN1Cc1cnc(N2CCOCC2)nc1. The largest absolute Gasteiger partial charge is 0.469 e. The average molecular weight is 349 g/mol. The van der Waals surface area contributed by atoms with Gasteiger partial charge in [-0.3, -0.25) is 14.5 Å². The quantitative estimate of drug-likeness (QED) is 0.689. The van der Waals surface area contributed by atoms with Gasteiger partial charge in [0.2, 0.25) is 11.9 Å². The van der Waals surface area contributed by atoms with Gasteiger partial charge in [-0.15, -0.1) is 0 Å². The highest BCUT2D eigenvalue weighted by atomic mass is 16.5. The zero-order chi connectivity index (χ0) is 17.6. The lowest BCUT2D eigenvalue weighted by molar-refractivity contribution is -0.146. The van der Waals surface area contributed by atoms with Gasteiger partial charge < -0.3 is 19.7 Å². The van der Waals surface area contributed by atoms with Crippen molar-refractivity contribution in [2.24, 2.45) is 0 Å². The van der Waals surface area contributed by atoms with Crippen molar-refractivity contribution in [3.8, 4) is 0 Å². The van der Waals surface area contributed by atoms with Crippen molar-refractivity contribution < 1.29 is 19.1 Å². The van der Waals surface area contributed by atoms with Gasteiger partial charge in [-0.25, -0.2) is 9.97 Å². The van der Waals surface area contributed by atoms with Crippen LogP contribution < -0.4 is 10.2 Å². The molecule has 1 N–H and O–H groups in total. The third-order valence-electron chi connectivity index (χ3n) is 4.40. The molecule has 0 aliphatic carbocycles. The Morgan fingerprint density at radius 3 is 2.72 bits per heavy atom. The number of carbonyl (C=O) groups excluding carboxylic acids is 2. The van der Waals surface area contributed by atoms with E-state index < -0.39 is 12.0 Å². The van der Waals surface area contributed by atoms with Gasteiger partial charge in [0.25, 0.3) is 0 Å². The van der Waals surface area contributed by atoms with Crippen LogP contribution >= 0.6 is 0 Å². The summed E-state index contributed by atoms with van der Waals surface area (Å²) in [5, 5.41) is 2.79. The monoisotopic (exact) mass is 349 g/mol. The highest BCUT2D eigenvalue weighted by molar-refractivity contribution is 5.87. The van der Waals surface area contributed by atoms with E-state index in [0.717, 1.165) is 18.7 Å². The zero-order valence-corrected chi connectivity index (χ0v) is 14.3. The number of hydrogen-bond acceptors (Lipinski definition) is 8. The molecule has 2 saturated heterocycles. The number of rotatable bonds is 5. The first-order valence-corrected chi connectivity index (χ1v) is 8.39. The molecule has 2 aliphatic rings. The number of aromatic nitrogens is 2. The van der Waals surface area contributed by atoms with Crippen LogP contribution in [0.3, 0.4) is 0 Å². The van der Waals surface area contributed by atoms with Gasteiger partial charge in [-0.2, -0.15) is 0 Å². The number of morpholine rings is 1. The molecule has 136 valence electrons.